The summed E-state index contributed by atoms with van der Waals surface area (Å²) in [4.78, 5) is 2.24. The third kappa shape index (κ3) is 4.12. The molecule has 17 heavy (non-hydrogen) atoms. The topological polar surface area (TPSA) is 53.0 Å². The number of benzene rings is 1. The largest absolute Gasteiger partial charge is 0.329 e. The van der Waals surface area contributed by atoms with E-state index in [1.807, 2.05) is 12.1 Å². The van der Waals surface area contributed by atoms with Crippen molar-refractivity contribution in [3.8, 4) is 6.07 Å². The molecule has 0 saturated heterocycles. The van der Waals surface area contributed by atoms with Crippen molar-refractivity contribution in [3.63, 3.8) is 0 Å². The molecule has 0 aliphatic carbocycles. The van der Waals surface area contributed by atoms with Crippen LogP contribution in [0.2, 0.25) is 0 Å². The molecule has 1 rings (SSSR count). The molecule has 0 bridgehead atoms. The molecule has 0 amide bonds. The SMILES string of the molecule is CCN(CCC#N)C(CN)c1ccc(Br)cc1. The highest BCUT2D eigenvalue weighted by atomic mass is 79.9. The van der Waals surface area contributed by atoms with Crippen LogP contribution >= 0.6 is 15.9 Å². The Morgan fingerprint density at radius 2 is 2.06 bits per heavy atom. The molecule has 0 spiro atoms. The first kappa shape index (κ1) is 14.2. The molecule has 0 saturated carbocycles. The number of hydrogen-bond donors (Lipinski definition) is 1. The third-order valence-corrected chi connectivity index (χ3v) is 3.36. The van der Waals surface area contributed by atoms with Crippen LogP contribution in [0.25, 0.3) is 0 Å². The Bertz CT molecular complexity index is 369. The first-order valence-corrected chi connectivity index (χ1v) is 6.58. The molecule has 0 aliphatic rings. The minimum Gasteiger partial charge on any atom is -0.329 e. The Morgan fingerprint density at radius 1 is 1.41 bits per heavy atom. The molecule has 92 valence electrons. The van der Waals surface area contributed by atoms with Crippen molar-refractivity contribution < 1.29 is 0 Å². The van der Waals surface area contributed by atoms with Crippen LogP contribution in [-0.4, -0.2) is 24.5 Å². The summed E-state index contributed by atoms with van der Waals surface area (Å²) in [6.07, 6.45) is 0.543. The number of likely N-dealkylation sites (N-methyl/N-ethyl adjacent to an activating group) is 1. The zero-order chi connectivity index (χ0) is 12.7. The summed E-state index contributed by atoms with van der Waals surface area (Å²) >= 11 is 3.42. The number of hydrogen-bond acceptors (Lipinski definition) is 3. The molecule has 1 atom stereocenters. The molecule has 3 nitrogen and oxygen atoms in total. The van der Waals surface area contributed by atoms with E-state index in [0.29, 0.717) is 13.0 Å². The summed E-state index contributed by atoms with van der Waals surface area (Å²) in [6, 6.07) is 10.6. The number of rotatable bonds is 6. The molecular formula is C13H18BrN3. The molecule has 0 aromatic heterocycles. The first-order valence-electron chi connectivity index (χ1n) is 5.79. The molecule has 4 heteroatoms. The summed E-state index contributed by atoms with van der Waals surface area (Å²) in [7, 11) is 0. The molecule has 0 heterocycles. The molecule has 1 aromatic rings. The van der Waals surface area contributed by atoms with Crippen LogP contribution in [0.4, 0.5) is 0 Å². The van der Waals surface area contributed by atoms with Gasteiger partial charge in [0.15, 0.2) is 0 Å². The van der Waals surface area contributed by atoms with Crippen LogP contribution in [0.15, 0.2) is 28.7 Å². The van der Waals surface area contributed by atoms with Gasteiger partial charge in [-0.15, -0.1) is 0 Å². The van der Waals surface area contributed by atoms with Gasteiger partial charge in [-0.3, -0.25) is 4.90 Å². The molecule has 0 fully saturated rings. The van der Waals surface area contributed by atoms with Crippen molar-refractivity contribution in [1.29, 1.82) is 5.26 Å². The number of nitrogens with zero attached hydrogens (tertiary/aromatic N) is 2. The quantitative estimate of drug-likeness (QED) is 0.878. The fraction of sp³-hybridized carbons (Fsp3) is 0.462. The highest BCUT2D eigenvalue weighted by Crippen LogP contribution is 2.21. The summed E-state index contributed by atoms with van der Waals surface area (Å²) in [5, 5.41) is 8.66. The van der Waals surface area contributed by atoms with Crippen LogP contribution in [0, 0.1) is 11.3 Å². The van der Waals surface area contributed by atoms with Gasteiger partial charge in [-0.25, -0.2) is 0 Å². The van der Waals surface area contributed by atoms with Crippen LogP contribution in [0.1, 0.15) is 24.9 Å². The van der Waals surface area contributed by atoms with E-state index in [9.17, 15) is 0 Å². The average molecular weight is 296 g/mol. The van der Waals surface area contributed by atoms with Gasteiger partial charge in [0.05, 0.1) is 6.07 Å². The lowest BCUT2D eigenvalue weighted by Gasteiger charge is -2.29. The van der Waals surface area contributed by atoms with Crippen LogP contribution in [0.3, 0.4) is 0 Å². The standard InChI is InChI=1S/C13H18BrN3/c1-2-17(9-3-8-15)13(10-16)11-4-6-12(14)7-5-11/h4-7,13H,2-3,9-10,16H2,1H3. The van der Waals surface area contributed by atoms with Gasteiger partial charge >= 0.3 is 0 Å². The van der Waals surface area contributed by atoms with Gasteiger partial charge in [0.25, 0.3) is 0 Å². The molecule has 1 aromatic carbocycles. The Morgan fingerprint density at radius 3 is 2.53 bits per heavy atom. The van der Waals surface area contributed by atoms with Gasteiger partial charge in [-0.1, -0.05) is 35.0 Å². The first-order chi connectivity index (χ1) is 8.22. The van der Waals surface area contributed by atoms with E-state index in [-0.39, 0.29) is 6.04 Å². The van der Waals surface area contributed by atoms with E-state index in [1.54, 1.807) is 0 Å². The van der Waals surface area contributed by atoms with Gasteiger partial charge < -0.3 is 5.73 Å². The Hall–Kier alpha value is -0.890. The second-order valence-corrected chi connectivity index (χ2v) is 4.76. The van der Waals surface area contributed by atoms with Crippen molar-refractivity contribution in [1.82, 2.24) is 4.90 Å². The molecule has 2 N–H and O–H groups in total. The summed E-state index contributed by atoms with van der Waals surface area (Å²) < 4.78 is 1.07. The predicted octanol–water partition coefficient (Wildman–Crippen LogP) is 2.68. The van der Waals surface area contributed by atoms with Gasteiger partial charge in [-0.2, -0.15) is 5.26 Å². The van der Waals surface area contributed by atoms with Crippen LogP contribution in [-0.2, 0) is 0 Å². The Kier molecular flexibility index (Phi) is 6.20. The fourth-order valence-electron chi connectivity index (χ4n) is 1.91. The molecule has 1 unspecified atom stereocenters. The molecular weight excluding hydrogens is 278 g/mol. The smallest absolute Gasteiger partial charge is 0.0635 e. The third-order valence-electron chi connectivity index (χ3n) is 2.84. The van der Waals surface area contributed by atoms with Crippen molar-refractivity contribution in [2.24, 2.45) is 5.73 Å². The zero-order valence-corrected chi connectivity index (χ0v) is 11.7. The van der Waals surface area contributed by atoms with Crippen LogP contribution in [0.5, 0.6) is 0 Å². The lowest BCUT2D eigenvalue weighted by molar-refractivity contribution is 0.217. The van der Waals surface area contributed by atoms with E-state index < -0.39 is 0 Å². The van der Waals surface area contributed by atoms with Gasteiger partial charge in [-0.05, 0) is 24.2 Å². The van der Waals surface area contributed by atoms with Crippen molar-refractivity contribution >= 4 is 15.9 Å². The van der Waals surface area contributed by atoms with E-state index in [1.165, 1.54) is 5.56 Å². The van der Waals surface area contributed by atoms with Crippen molar-refractivity contribution in [2.45, 2.75) is 19.4 Å². The van der Waals surface area contributed by atoms with Gasteiger partial charge in [0.2, 0.25) is 0 Å². The maximum atomic E-state index is 8.66. The maximum Gasteiger partial charge on any atom is 0.0635 e. The normalized spacial score (nSPS) is 12.4. The number of nitrogens with two attached hydrogens (primary N) is 1. The van der Waals surface area contributed by atoms with E-state index >= 15 is 0 Å². The van der Waals surface area contributed by atoms with Crippen molar-refractivity contribution in [3.05, 3.63) is 34.3 Å². The van der Waals surface area contributed by atoms with Crippen LogP contribution < -0.4 is 5.73 Å². The van der Waals surface area contributed by atoms with E-state index in [4.69, 9.17) is 11.0 Å². The number of halogens is 1. The Balaban J connectivity index is 2.81. The minimum atomic E-state index is 0.196. The van der Waals surface area contributed by atoms with Crippen molar-refractivity contribution in [2.75, 3.05) is 19.6 Å². The summed E-state index contributed by atoms with van der Waals surface area (Å²) in [5.41, 5.74) is 7.06. The maximum absolute atomic E-state index is 8.66. The lowest BCUT2D eigenvalue weighted by Crippen LogP contribution is -2.34. The summed E-state index contributed by atoms with van der Waals surface area (Å²) in [5.74, 6) is 0. The molecule has 0 aliphatic heterocycles. The second-order valence-electron chi connectivity index (χ2n) is 3.84. The molecule has 0 radical (unpaired) electrons. The van der Waals surface area contributed by atoms with Gasteiger partial charge in [0.1, 0.15) is 0 Å². The second kappa shape index (κ2) is 7.44. The highest BCUT2D eigenvalue weighted by molar-refractivity contribution is 9.10. The fourth-order valence-corrected chi connectivity index (χ4v) is 2.17. The Labute approximate surface area is 111 Å². The van der Waals surface area contributed by atoms with Gasteiger partial charge in [0, 0.05) is 30.0 Å². The zero-order valence-electron chi connectivity index (χ0n) is 10.1. The summed E-state index contributed by atoms with van der Waals surface area (Å²) in [6.45, 7) is 4.34. The van der Waals surface area contributed by atoms with E-state index in [2.05, 4.69) is 46.0 Å². The average Bonchev–Trinajstić information content (AvgIpc) is 2.36. The monoisotopic (exact) mass is 295 g/mol. The van der Waals surface area contributed by atoms with E-state index in [0.717, 1.165) is 17.6 Å². The predicted molar refractivity (Wildman–Crippen MR) is 73.4 cm³/mol. The number of nitriles is 1. The highest BCUT2D eigenvalue weighted by Gasteiger charge is 2.16. The lowest BCUT2D eigenvalue weighted by atomic mass is 10.1. The minimum absolute atomic E-state index is 0.196.